The molecular weight excluding hydrogens is 299 g/mol. The first-order chi connectivity index (χ1) is 9.92. The van der Waals surface area contributed by atoms with Crippen molar-refractivity contribution in [2.24, 2.45) is 0 Å². The van der Waals surface area contributed by atoms with Crippen molar-refractivity contribution >= 4 is 5.97 Å². The van der Waals surface area contributed by atoms with Crippen LogP contribution in [0.2, 0.25) is 0 Å². The molecule has 0 aromatic carbocycles. The normalized spacial score (nSPS) is 17.8. The van der Waals surface area contributed by atoms with Gasteiger partial charge in [-0.1, -0.05) is 12.8 Å². The molecule has 1 aliphatic rings. The van der Waals surface area contributed by atoms with Gasteiger partial charge in [-0.25, -0.2) is 4.79 Å². The number of carbonyl (C=O) groups is 1. The molecule has 0 saturated heterocycles. The summed E-state index contributed by atoms with van der Waals surface area (Å²) in [5.41, 5.74) is -0.493. The Hall–Kier alpha value is -0.820. The van der Waals surface area contributed by atoms with Crippen LogP contribution >= 0.6 is 0 Å². The summed E-state index contributed by atoms with van der Waals surface area (Å²) in [5, 5.41) is 20.4. The fourth-order valence-electron chi connectivity index (χ4n) is 2.42. The third kappa shape index (κ3) is 11.8. The van der Waals surface area contributed by atoms with Gasteiger partial charge in [-0.3, -0.25) is 0 Å². The second-order valence-corrected chi connectivity index (χ2v) is 6.56. The molecule has 1 unspecified atom stereocenters. The minimum atomic E-state index is -5.08. The molecule has 0 spiro atoms. The molecule has 0 heterocycles. The van der Waals surface area contributed by atoms with E-state index in [1.807, 2.05) is 13.8 Å². The average Bonchev–Trinajstić information content (AvgIpc) is 2.79. The van der Waals surface area contributed by atoms with Crippen LogP contribution in [-0.2, 0) is 4.79 Å². The summed E-state index contributed by atoms with van der Waals surface area (Å²) in [6.45, 7) is 6.05. The van der Waals surface area contributed by atoms with E-state index in [1.165, 1.54) is 32.1 Å². The van der Waals surface area contributed by atoms with Crippen LogP contribution in [0.4, 0.5) is 13.2 Å². The zero-order valence-corrected chi connectivity index (χ0v) is 13.5. The number of alkyl halides is 3. The van der Waals surface area contributed by atoms with Gasteiger partial charge in [0.15, 0.2) is 0 Å². The summed E-state index contributed by atoms with van der Waals surface area (Å²) in [7, 11) is 0. The smallest absolute Gasteiger partial charge is 0.475 e. The molecule has 4 nitrogen and oxygen atoms in total. The van der Waals surface area contributed by atoms with Crippen molar-refractivity contribution < 1.29 is 28.2 Å². The lowest BCUT2D eigenvalue weighted by molar-refractivity contribution is -0.192. The average molecular weight is 327 g/mol. The van der Waals surface area contributed by atoms with E-state index in [1.54, 1.807) is 0 Å². The van der Waals surface area contributed by atoms with Gasteiger partial charge in [0.25, 0.3) is 0 Å². The lowest BCUT2D eigenvalue weighted by atomic mass is 9.99. The number of aliphatic hydroxyl groups is 1. The first-order valence-corrected chi connectivity index (χ1v) is 7.70. The summed E-state index contributed by atoms with van der Waals surface area (Å²) in [6, 6.07) is 1.37. The van der Waals surface area contributed by atoms with E-state index in [4.69, 9.17) is 9.90 Å². The third-order valence-electron chi connectivity index (χ3n) is 3.54. The second kappa shape index (κ2) is 9.35. The van der Waals surface area contributed by atoms with Gasteiger partial charge in [-0.2, -0.15) is 13.2 Å². The molecule has 7 heteroatoms. The van der Waals surface area contributed by atoms with Crippen LogP contribution in [-0.4, -0.2) is 40.0 Å². The van der Waals surface area contributed by atoms with Gasteiger partial charge in [0, 0.05) is 12.1 Å². The Balaban J connectivity index is 0.000000534. The quantitative estimate of drug-likeness (QED) is 0.698. The molecule has 1 aliphatic carbocycles. The molecule has 0 aromatic heterocycles. The van der Waals surface area contributed by atoms with Crippen LogP contribution in [0, 0.1) is 0 Å². The molecule has 0 aromatic rings. The highest BCUT2D eigenvalue weighted by Crippen LogP contribution is 2.19. The number of aliphatic carboxylic acids is 1. The maximum absolute atomic E-state index is 10.6. The standard InChI is InChI=1S/C13H27NO.C2HF3O2/c1-11(7-6-10-13(2,3)15)14-12-8-4-5-9-12;3-2(4,5)1(6)7/h11-12,14-15H,4-10H2,1-3H3;(H,6,7). The van der Waals surface area contributed by atoms with Gasteiger partial charge in [0.2, 0.25) is 0 Å². The van der Waals surface area contributed by atoms with Crippen LogP contribution in [0.1, 0.15) is 65.7 Å². The molecule has 1 rings (SSSR count). The van der Waals surface area contributed by atoms with E-state index in [2.05, 4.69) is 12.2 Å². The number of nitrogens with one attached hydrogen (secondary N) is 1. The van der Waals surface area contributed by atoms with Crippen molar-refractivity contribution in [3.8, 4) is 0 Å². The fourth-order valence-corrected chi connectivity index (χ4v) is 2.42. The van der Waals surface area contributed by atoms with Crippen molar-refractivity contribution in [2.75, 3.05) is 0 Å². The SMILES string of the molecule is CC(CCCC(C)(C)O)NC1CCCC1.O=C(O)C(F)(F)F. The highest BCUT2D eigenvalue weighted by molar-refractivity contribution is 5.73. The number of rotatable bonds is 6. The van der Waals surface area contributed by atoms with Gasteiger partial charge >= 0.3 is 12.1 Å². The van der Waals surface area contributed by atoms with Gasteiger partial charge < -0.3 is 15.5 Å². The first kappa shape index (κ1) is 21.2. The monoisotopic (exact) mass is 327 g/mol. The molecule has 0 amide bonds. The molecule has 0 radical (unpaired) electrons. The van der Waals surface area contributed by atoms with E-state index in [-0.39, 0.29) is 0 Å². The van der Waals surface area contributed by atoms with Crippen molar-refractivity contribution in [1.29, 1.82) is 0 Å². The summed E-state index contributed by atoms with van der Waals surface area (Å²) >= 11 is 0. The number of hydrogen-bond donors (Lipinski definition) is 3. The Bertz CT molecular complexity index is 321. The van der Waals surface area contributed by atoms with E-state index >= 15 is 0 Å². The van der Waals surface area contributed by atoms with Gasteiger partial charge in [-0.15, -0.1) is 0 Å². The second-order valence-electron chi connectivity index (χ2n) is 6.56. The predicted octanol–water partition coefficient (Wildman–Crippen LogP) is 3.48. The minimum Gasteiger partial charge on any atom is -0.475 e. The maximum Gasteiger partial charge on any atom is 0.490 e. The van der Waals surface area contributed by atoms with E-state index in [0.29, 0.717) is 6.04 Å². The van der Waals surface area contributed by atoms with Gasteiger partial charge in [0.05, 0.1) is 5.60 Å². The molecule has 0 bridgehead atoms. The zero-order chi connectivity index (χ0) is 17.4. The van der Waals surface area contributed by atoms with Crippen molar-refractivity contribution in [3.63, 3.8) is 0 Å². The Labute approximate surface area is 130 Å². The highest BCUT2D eigenvalue weighted by atomic mass is 19.4. The molecule has 1 atom stereocenters. The minimum absolute atomic E-state index is 0.493. The molecule has 0 aliphatic heterocycles. The lowest BCUT2D eigenvalue weighted by Gasteiger charge is -2.21. The molecule has 132 valence electrons. The zero-order valence-electron chi connectivity index (χ0n) is 13.5. The number of carboxylic acids is 1. The largest absolute Gasteiger partial charge is 0.490 e. The molecule has 1 fully saturated rings. The van der Waals surface area contributed by atoms with E-state index in [0.717, 1.165) is 18.9 Å². The van der Waals surface area contributed by atoms with E-state index in [9.17, 15) is 18.3 Å². The number of halogens is 3. The van der Waals surface area contributed by atoms with Gasteiger partial charge in [-0.05, 0) is 52.9 Å². The maximum atomic E-state index is 10.6. The fraction of sp³-hybridized carbons (Fsp3) is 0.933. The van der Waals surface area contributed by atoms with Crippen molar-refractivity contribution in [3.05, 3.63) is 0 Å². The molecule has 1 saturated carbocycles. The first-order valence-electron chi connectivity index (χ1n) is 7.70. The van der Waals surface area contributed by atoms with Gasteiger partial charge in [0.1, 0.15) is 0 Å². The molecule has 3 N–H and O–H groups in total. The lowest BCUT2D eigenvalue weighted by Crippen LogP contribution is -2.34. The predicted molar refractivity (Wildman–Crippen MR) is 78.7 cm³/mol. The number of carboxylic acid groups (broad SMARTS) is 1. The Morgan fingerprint density at radius 3 is 2.09 bits per heavy atom. The van der Waals surface area contributed by atoms with E-state index < -0.39 is 17.7 Å². The summed E-state index contributed by atoms with van der Waals surface area (Å²) in [5.74, 6) is -2.76. The van der Waals surface area contributed by atoms with Crippen molar-refractivity contribution in [1.82, 2.24) is 5.32 Å². The van der Waals surface area contributed by atoms with Crippen LogP contribution in [0.3, 0.4) is 0 Å². The summed E-state index contributed by atoms with van der Waals surface area (Å²) in [6.07, 6.45) is 3.63. The topological polar surface area (TPSA) is 69.6 Å². The van der Waals surface area contributed by atoms with Crippen LogP contribution < -0.4 is 5.32 Å². The summed E-state index contributed by atoms with van der Waals surface area (Å²) < 4.78 is 31.7. The molecule has 22 heavy (non-hydrogen) atoms. The third-order valence-corrected chi connectivity index (χ3v) is 3.54. The Morgan fingerprint density at radius 1 is 1.27 bits per heavy atom. The Kier molecular flexibility index (Phi) is 9.00. The highest BCUT2D eigenvalue weighted by Gasteiger charge is 2.38. The van der Waals surface area contributed by atoms with Crippen molar-refractivity contribution in [2.45, 2.75) is 89.6 Å². The molecular formula is C15H28F3NO3. The van der Waals surface area contributed by atoms with Crippen LogP contribution in [0.25, 0.3) is 0 Å². The Morgan fingerprint density at radius 2 is 1.73 bits per heavy atom. The summed E-state index contributed by atoms with van der Waals surface area (Å²) in [4.78, 5) is 8.90. The van der Waals surface area contributed by atoms with Crippen LogP contribution in [0.15, 0.2) is 0 Å². The number of hydrogen-bond acceptors (Lipinski definition) is 3. The van der Waals surface area contributed by atoms with Crippen LogP contribution in [0.5, 0.6) is 0 Å².